The summed E-state index contributed by atoms with van der Waals surface area (Å²) < 4.78 is 4.86. The molecule has 1 fully saturated rings. The summed E-state index contributed by atoms with van der Waals surface area (Å²) in [6.07, 6.45) is 2.16. The lowest BCUT2D eigenvalue weighted by Gasteiger charge is -2.15. The minimum Gasteiger partial charge on any atom is -0.461 e. The molecule has 7 nitrogen and oxygen atoms in total. The van der Waals surface area contributed by atoms with Gasteiger partial charge in [0.25, 0.3) is 5.56 Å². The van der Waals surface area contributed by atoms with Crippen LogP contribution in [-0.4, -0.2) is 40.5 Å². The smallest absolute Gasteiger partial charge is 0.355 e. The Morgan fingerprint density at radius 1 is 1.26 bits per heavy atom. The summed E-state index contributed by atoms with van der Waals surface area (Å²) in [4.78, 5) is 41.5. The predicted molar refractivity (Wildman–Crippen MR) is 68.2 cm³/mol. The Morgan fingerprint density at radius 2 is 1.95 bits per heavy atom. The molecule has 1 aromatic heterocycles. The van der Waals surface area contributed by atoms with E-state index in [0.717, 1.165) is 25.9 Å². The van der Waals surface area contributed by atoms with Gasteiger partial charge in [-0.15, -0.1) is 0 Å². The number of carbonyl (C=O) groups excluding carboxylic acids is 1. The molecule has 0 aliphatic carbocycles. The van der Waals surface area contributed by atoms with E-state index in [1.807, 2.05) is 0 Å². The standard InChI is InChI=1S/C12H17N3O4/c1-2-19-11(17)9-8(7-15-5-3-4-6-15)10(16)14-12(18)13-9/h2-7H2,1H3,(H2,13,14,16,18). The van der Waals surface area contributed by atoms with Gasteiger partial charge in [0.2, 0.25) is 0 Å². The van der Waals surface area contributed by atoms with Crippen molar-refractivity contribution in [3.05, 3.63) is 32.1 Å². The third kappa shape index (κ3) is 3.11. The fourth-order valence-electron chi connectivity index (χ4n) is 2.21. The summed E-state index contributed by atoms with van der Waals surface area (Å²) in [5.74, 6) is -0.667. The maximum atomic E-state index is 11.8. The quantitative estimate of drug-likeness (QED) is 0.739. The topological polar surface area (TPSA) is 95.3 Å². The van der Waals surface area contributed by atoms with Gasteiger partial charge in [0.05, 0.1) is 12.2 Å². The summed E-state index contributed by atoms with van der Waals surface area (Å²) in [7, 11) is 0. The second-order valence-corrected chi connectivity index (χ2v) is 4.47. The first-order chi connectivity index (χ1) is 9.11. The molecule has 2 N–H and O–H groups in total. The second-order valence-electron chi connectivity index (χ2n) is 4.47. The van der Waals surface area contributed by atoms with Crippen LogP contribution in [0.1, 0.15) is 35.8 Å². The first-order valence-corrected chi connectivity index (χ1v) is 6.36. The van der Waals surface area contributed by atoms with Gasteiger partial charge >= 0.3 is 11.7 Å². The molecule has 19 heavy (non-hydrogen) atoms. The van der Waals surface area contributed by atoms with Gasteiger partial charge in [-0.05, 0) is 32.9 Å². The van der Waals surface area contributed by atoms with Crippen molar-refractivity contribution in [1.29, 1.82) is 0 Å². The molecule has 0 spiro atoms. The zero-order chi connectivity index (χ0) is 13.8. The number of likely N-dealkylation sites (tertiary alicyclic amines) is 1. The van der Waals surface area contributed by atoms with Crippen molar-refractivity contribution in [1.82, 2.24) is 14.9 Å². The summed E-state index contributed by atoms with van der Waals surface area (Å²) in [5, 5.41) is 0. The third-order valence-electron chi connectivity index (χ3n) is 3.10. The summed E-state index contributed by atoms with van der Waals surface area (Å²) >= 11 is 0. The van der Waals surface area contributed by atoms with Crippen LogP contribution >= 0.6 is 0 Å². The fourth-order valence-corrected chi connectivity index (χ4v) is 2.21. The maximum Gasteiger partial charge on any atom is 0.355 e. The molecule has 2 heterocycles. The van der Waals surface area contributed by atoms with E-state index in [2.05, 4.69) is 14.9 Å². The Kier molecular flexibility index (Phi) is 4.16. The number of nitrogens with one attached hydrogen (secondary N) is 2. The lowest BCUT2D eigenvalue weighted by atomic mass is 10.2. The summed E-state index contributed by atoms with van der Waals surface area (Å²) in [6.45, 7) is 3.99. The molecule has 104 valence electrons. The highest BCUT2D eigenvalue weighted by Gasteiger charge is 2.21. The number of aromatic amines is 2. The van der Waals surface area contributed by atoms with Gasteiger partial charge in [0.15, 0.2) is 0 Å². The van der Waals surface area contributed by atoms with Crippen LogP contribution in [0.2, 0.25) is 0 Å². The zero-order valence-electron chi connectivity index (χ0n) is 10.8. The number of nitrogens with zero attached hydrogens (tertiary/aromatic N) is 1. The minimum absolute atomic E-state index is 0.0394. The third-order valence-corrected chi connectivity index (χ3v) is 3.10. The Hall–Kier alpha value is -1.89. The highest BCUT2D eigenvalue weighted by Crippen LogP contribution is 2.12. The van der Waals surface area contributed by atoms with Gasteiger partial charge in [-0.3, -0.25) is 14.7 Å². The first kappa shape index (κ1) is 13.5. The number of H-pyrrole nitrogens is 2. The molecule has 1 aliphatic heterocycles. The van der Waals surface area contributed by atoms with Crippen LogP contribution in [0.5, 0.6) is 0 Å². The number of carbonyl (C=O) groups is 1. The lowest BCUT2D eigenvalue weighted by Crippen LogP contribution is -2.34. The van der Waals surface area contributed by atoms with E-state index in [9.17, 15) is 14.4 Å². The van der Waals surface area contributed by atoms with Crippen LogP contribution in [0.25, 0.3) is 0 Å². The van der Waals surface area contributed by atoms with Crippen molar-refractivity contribution in [3.63, 3.8) is 0 Å². The molecule has 0 bridgehead atoms. The van der Waals surface area contributed by atoms with Crippen LogP contribution < -0.4 is 11.2 Å². The van der Waals surface area contributed by atoms with Gasteiger partial charge in [-0.25, -0.2) is 9.59 Å². The Balaban J connectivity index is 2.36. The number of aromatic nitrogens is 2. The van der Waals surface area contributed by atoms with Crippen molar-refractivity contribution < 1.29 is 9.53 Å². The zero-order valence-corrected chi connectivity index (χ0v) is 10.8. The molecule has 0 atom stereocenters. The van der Waals surface area contributed by atoms with Crippen molar-refractivity contribution in [2.75, 3.05) is 19.7 Å². The van der Waals surface area contributed by atoms with Crippen LogP contribution in [0, 0.1) is 0 Å². The van der Waals surface area contributed by atoms with Crippen molar-refractivity contribution in [3.8, 4) is 0 Å². The van der Waals surface area contributed by atoms with Crippen LogP contribution in [0.3, 0.4) is 0 Å². The predicted octanol–water partition coefficient (Wildman–Crippen LogP) is -0.164. The van der Waals surface area contributed by atoms with E-state index >= 15 is 0 Å². The van der Waals surface area contributed by atoms with Crippen molar-refractivity contribution in [2.45, 2.75) is 26.3 Å². The molecule has 7 heteroatoms. The van der Waals surface area contributed by atoms with Gasteiger partial charge in [-0.2, -0.15) is 0 Å². The highest BCUT2D eigenvalue weighted by atomic mass is 16.5. The van der Waals surface area contributed by atoms with Crippen LogP contribution in [0.4, 0.5) is 0 Å². The van der Waals surface area contributed by atoms with Gasteiger partial charge in [0, 0.05) is 6.54 Å². The van der Waals surface area contributed by atoms with Crippen molar-refractivity contribution in [2.24, 2.45) is 0 Å². The average molecular weight is 267 g/mol. The van der Waals surface area contributed by atoms with Crippen LogP contribution in [-0.2, 0) is 11.3 Å². The minimum atomic E-state index is -0.696. The van der Waals surface area contributed by atoms with E-state index in [1.54, 1.807) is 6.92 Å². The molecule has 0 unspecified atom stereocenters. The monoisotopic (exact) mass is 267 g/mol. The van der Waals surface area contributed by atoms with Gasteiger partial charge in [0.1, 0.15) is 5.69 Å². The number of hydrogen-bond donors (Lipinski definition) is 2. The molecule has 0 aromatic carbocycles. The highest BCUT2D eigenvalue weighted by molar-refractivity contribution is 5.88. The molecule has 2 rings (SSSR count). The number of esters is 1. The lowest BCUT2D eigenvalue weighted by molar-refractivity contribution is 0.0516. The molecular weight excluding hydrogens is 250 g/mol. The molecule has 0 amide bonds. The number of hydrogen-bond acceptors (Lipinski definition) is 5. The van der Waals surface area contributed by atoms with E-state index in [0.29, 0.717) is 6.54 Å². The van der Waals surface area contributed by atoms with Gasteiger partial charge < -0.3 is 9.72 Å². The molecule has 0 radical (unpaired) electrons. The normalized spacial score (nSPS) is 15.6. The summed E-state index contributed by atoms with van der Waals surface area (Å²) in [5.41, 5.74) is -1.00. The molecule has 1 saturated heterocycles. The number of ether oxygens (including phenoxy) is 1. The first-order valence-electron chi connectivity index (χ1n) is 6.36. The molecule has 1 aromatic rings. The second kappa shape index (κ2) is 5.83. The molecular formula is C12H17N3O4. The Labute approximate surface area is 109 Å². The van der Waals surface area contributed by atoms with Crippen molar-refractivity contribution >= 4 is 5.97 Å². The fraction of sp³-hybridized carbons (Fsp3) is 0.583. The molecule has 0 saturated carbocycles. The largest absolute Gasteiger partial charge is 0.461 e. The van der Waals surface area contributed by atoms with E-state index in [4.69, 9.17) is 4.74 Å². The number of rotatable bonds is 4. The SMILES string of the molecule is CCOC(=O)c1[nH]c(=O)[nH]c(=O)c1CN1CCCC1. The maximum absolute atomic E-state index is 11.8. The Bertz CT molecular complexity index is 569. The van der Waals surface area contributed by atoms with Crippen LogP contribution in [0.15, 0.2) is 9.59 Å². The van der Waals surface area contributed by atoms with E-state index in [-0.39, 0.29) is 17.9 Å². The molecule has 1 aliphatic rings. The van der Waals surface area contributed by atoms with E-state index in [1.165, 1.54) is 0 Å². The summed E-state index contributed by atoms with van der Waals surface area (Å²) in [6, 6.07) is 0. The van der Waals surface area contributed by atoms with E-state index < -0.39 is 17.2 Å². The average Bonchev–Trinajstić information content (AvgIpc) is 2.85. The Morgan fingerprint density at radius 3 is 2.58 bits per heavy atom. The van der Waals surface area contributed by atoms with Gasteiger partial charge in [-0.1, -0.05) is 0 Å².